The summed E-state index contributed by atoms with van der Waals surface area (Å²) in [5.41, 5.74) is 1.74. The van der Waals surface area contributed by atoms with E-state index in [0.717, 1.165) is 55.5 Å². The molecule has 3 heterocycles. The predicted molar refractivity (Wildman–Crippen MR) is 159 cm³/mol. The second-order valence-electron chi connectivity index (χ2n) is 10.8. The van der Waals surface area contributed by atoms with E-state index in [1.165, 1.54) is 0 Å². The summed E-state index contributed by atoms with van der Waals surface area (Å²) in [6, 6.07) is 21.6. The highest BCUT2D eigenvalue weighted by Gasteiger charge is 2.35. The first-order valence-corrected chi connectivity index (χ1v) is 14.5. The van der Waals surface area contributed by atoms with Crippen LogP contribution >= 0.6 is 0 Å². The largest absolute Gasteiger partial charge is 0.457 e. The summed E-state index contributed by atoms with van der Waals surface area (Å²) in [4.78, 5) is 45.0. The molecular formula is C32H35N5O6. The molecule has 2 saturated heterocycles. The van der Waals surface area contributed by atoms with Crippen molar-refractivity contribution in [2.75, 3.05) is 57.9 Å². The molecule has 224 valence electrons. The Morgan fingerprint density at radius 2 is 1.58 bits per heavy atom. The number of piperazine rings is 2. The molecule has 0 bridgehead atoms. The van der Waals surface area contributed by atoms with Gasteiger partial charge in [-0.25, -0.2) is 0 Å². The number of para-hydroxylation sites is 1. The molecule has 11 nitrogen and oxygen atoms in total. The van der Waals surface area contributed by atoms with Crippen LogP contribution in [-0.2, 0) is 20.9 Å². The van der Waals surface area contributed by atoms with Gasteiger partial charge in [0.1, 0.15) is 17.5 Å². The highest BCUT2D eigenvalue weighted by atomic mass is 16.7. The van der Waals surface area contributed by atoms with E-state index >= 15 is 0 Å². The van der Waals surface area contributed by atoms with Crippen molar-refractivity contribution < 1.29 is 28.6 Å². The van der Waals surface area contributed by atoms with Crippen LogP contribution in [0.4, 0.5) is 5.69 Å². The first kappa shape index (κ1) is 28.5. The molecule has 2 fully saturated rings. The molecule has 0 radical (unpaired) electrons. The minimum atomic E-state index is -0.853. The molecule has 3 aromatic rings. The molecule has 0 aromatic heterocycles. The number of anilines is 1. The Hall–Kier alpha value is -4.61. The Bertz CT molecular complexity index is 1440. The van der Waals surface area contributed by atoms with Crippen LogP contribution in [0.15, 0.2) is 72.8 Å². The third kappa shape index (κ3) is 7.25. The van der Waals surface area contributed by atoms with Crippen LogP contribution in [0.1, 0.15) is 12.0 Å². The Morgan fingerprint density at radius 3 is 2.37 bits per heavy atom. The average molecular weight is 586 g/mol. The van der Waals surface area contributed by atoms with Gasteiger partial charge in [0.05, 0.1) is 13.0 Å². The fraction of sp³-hybridized carbons (Fsp3) is 0.344. The number of rotatable bonds is 9. The van der Waals surface area contributed by atoms with Gasteiger partial charge in [-0.3, -0.25) is 24.2 Å². The van der Waals surface area contributed by atoms with Crippen LogP contribution in [0.3, 0.4) is 0 Å². The van der Waals surface area contributed by atoms with Gasteiger partial charge in [0.25, 0.3) is 0 Å². The van der Waals surface area contributed by atoms with Gasteiger partial charge in [0.2, 0.25) is 24.5 Å². The molecule has 0 saturated carbocycles. The SMILES string of the molecule is O=C(CC1C(=O)NCCN1C(=O)CN1CCN(Cc2ccc3c(c2)OCO3)CC1)Nc1ccc(Oc2ccccc2)cc1. The highest BCUT2D eigenvalue weighted by molar-refractivity contribution is 5.97. The first-order valence-electron chi connectivity index (χ1n) is 14.5. The summed E-state index contributed by atoms with van der Waals surface area (Å²) >= 11 is 0. The van der Waals surface area contributed by atoms with E-state index in [2.05, 4.69) is 26.5 Å². The van der Waals surface area contributed by atoms with Gasteiger partial charge in [-0.2, -0.15) is 0 Å². The summed E-state index contributed by atoms with van der Waals surface area (Å²) in [5, 5.41) is 5.64. The zero-order chi connectivity index (χ0) is 29.6. The van der Waals surface area contributed by atoms with Gasteiger partial charge in [-0.15, -0.1) is 0 Å². The summed E-state index contributed by atoms with van der Waals surface area (Å²) in [6.45, 7) is 5.14. The molecule has 11 heteroatoms. The highest BCUT2D eigenvalue weighted by Crippen LogP contribution is 2.33. The van der Waals surface area contributed by atoms with E-state index in [1.54, 1.807) is 29.2 Å². The lowest BCUT2D eigenvalue weighted by atomic mass is 10.1. The van der Waals surface area contributed by atoms with Gasteiger partial charge in [-0.1, -0.05) is 24.3 Å². The second-order valence-corrected chi connectivity index (χ2v) is 10.8. The van der Waals surface area contributed by atoms with E-state index < -0.39 is 6.04 Å². The van der Waals surface area contributed by atoms with Crippen molar-refractivity contribution in [3.05, 3.63) is 78.4 Å². The number of hydrogen-bond acceptors (Lipinski definition) is 8. The van der Waals surface area contributed by atoms with Crippen molar-refractivity contribution in [2.24, 2.45) is 0 Å². The van der Waals surface area contributed by atoms with Gasteiger partial charge < -0.3 is 29.7 Å². The van der Waals surface area contributed by atoms with Gasteiger partial charge >= 0.3 is 0 Å². The second kappa shape index (κ2) is 13.1. The number of carbonyl (C=O) groups excluding carboxylic acids is 3. The molecule has 3 aliphatic heterocycles. The molecule has 1 atom stereocenters. The van der Waals surface area contributed by atoms with Gasteiger partial charge in [-0.05, 0) is 54.1 Å². The normalized spacial score (nSPS) is 18.7. The number of nitrogens with one attached hydrogen (secondary N) is 2. The third-order valence-electron chi connectivity index (χ3n) is 7.81. The van der Waals surface area contributed by atoms with E-state index in [9.17, 15) is 14.4 Å². The number of ether oxygens (including phenoxy) is 3. The van der Waals surface area contributed by atoms with Crippen LogP contribution in [0.25, 0.3) is 0 Å². The van der Waals surface area contributed by atoms with Crippen LogP contribution in [0.2, 0.25) is 0 Å². The average Bonchev–Trinajstić information content (AvgIpc) is 3.49. The lowest BCUT2D eigenvalue weighted by Crippen LogP contribution is -2.60. The summed E-state index contributed by atoms with van der Waals surface area (Å²) in [7, 11) is 0. The Morgan fingerprint density at radius 1 is 0.860 bits per heavy atom. The Labute approximate surface area is 250 Å². The van der Waals surface area contributed by atoms with Crippen molar-refractivity contribution in [3.63, 3.8) is 0 Å². The van der Waals surface area contributed by atoms with Gasteiger partial charge in [0, 0.05) is 51.5 Å². The van der Waals surface area contributed by atoms with Crippen molar-refractivity contribution in [2.45, 2.75) is 19.0 Å². The fourth-order valence-electron chi connectivity index (χ4n) is 5.52. The zero-order valence-electron chi connectivity index (χ0n) is 23.9. The molecular weight excluding hydrogens is 550 g/mol. The number of amides is 3. The van der Waals surface area contributed by atoms with Crippen LogP contribution in [0.5, 0.6) is 23.0 Å². The molecule has 3 aliphatic rings. The maximum atomic E-state index is 13.3. The Kier molecular flexibility index (Phi) is 8.71. The van der Waals surface area contributed by atoms with Crippen LogP contribution in [0, 0.1) is 0 Å². The van der Waals surface area contributed by atoms with Crippen molar-refractivity contribution in [3.8, 4) is 23.0 Å². The van der Waals surface area contributed by atoms with Crippen molar-refractivity contribution in [1.29, 1.82) is 0 Å². The van der Waals surface area contributed by atoms with E-state index in [-0.39, 0.29) is 37.5 Å². The summed E-state index contributed by atoms with van der Waals surface area (Å²) in [6.07, 6.45) is -0.122. The molecule has 0 spiro atoms. The van der Waals surface area contributed by atoms with Crippen molar-refractivity contribution in [1.82, 2.24) is 20.0 Å². The number of carbonyl (C=O) groups is 3. The molecule has 43 heavy (non-hydrogen) atoms. The predicted octanol–water partition coefficient (Wildman–Crippen LogP) is 2.68. The lowest BCUT2D eigenvalue weighted by Gasteiger charge is -2.38. The van der Waals surface area contributed by atoms with Crippen LogP contribution < -0.4 is 24.8 Å². The maximum Gasteiger partial charge on any atom is 0.243 e. The number of benzene rings is 3. The fourth-order valence-corrected chi connectivity index (χ4v) is 5.52. The quantitative estimate of drug-likeness (QED) is 0.394. The minimum Gasteiger partial charge on any atom is -0.457 e. The number of nitrogens with zero attached hydrogens (tertiary/aromatic N) is 3. The first-order chi connectivity index (χ1) is 21.0. The third-order valence-corrected chi connectivity index (χ3v) is 7.81. The zero-order valence-corrected chi connectivity index (χ0v) is 23.9. The van der Waals surface area contributed by atoms with E-state index in [0.29, 0.717) is 24.5 Å². The standard InChI is InChI=1S/C32H35N5O6/c38-30(34-24-7-9-26(10-8-24)43-25-4-2-1-3-5-25)19-27-32(40)33-12-13-37(27)31(39)21-36-16-14-35(15-17-36)20-23-6-11-28-29(18-23)42-22-41-28/h1-11,18,27H,12-17,19-22H2,(H,33,40)(H,34,38). The molecule has 2 N–H and O–H groups in total. The lowest BCUT2D eigenvalue weighted by molar-refractivity contribution is -0.145. The van der Waals surface area contributed by atoms with E-state index in [1.807, 2.05) is 42.5 Å². The topological polar surface area (TPSA) is 113 Å². The molecule has 6 rings (SSSR count). The van der Waals surface area contributed by atoms with Crippen molar-refractivity contribution >= 4 is 23.4 Å². The Balaban J connectivity index is 0.981. The smallest absolute Gasteiger partial charge is 0.243 e. The summed E-state index contributed by atoms with van der Waals surface area (Å²) < 4.78 is 16.7. The monoisotopic (exact) mass is 585 g/mol. The van der Waals surface area contributed by atoms with Gasteiger partial charge in [0.15, 0.2) is 11.5 Å². The number of hydrogen-bond donors (Lipinski definition) is 2. The molecule has 0 aliphatic carbocycles. The van der Waals surface area contributed by atoms with E-state index in [4.69, 9.17) is 14.2 Å². The molecule has 3 amide bonds. The minimum absolute atomic E-state index is 0.122. The number of fused-ring (bicyclic) bond motifs is 1. The summed E-state index contributed by atoms with van der Waals surface area (Å²) in [5.74, 6) is 2.12. The van der Waals surface area contributed by atoms with Crippen LogP contribution in [-0.4, -0.2) is 91.1 Å². The molecule has 1 unspecified atom stereocenters. The molecule has 3 aromatic carbocycles. The maximum absolute atomic E-state index is 13.3.